The Morgan fingerprint density at radius 3 is 1.53 bits per heavy atom. The maximum Gasteiger partial charge on any atom is 0.143 e. The van der Waals surface area contributed by atoms with E-state index in [1.165, 1.54) is 50.1 Å². The van der Waals surface area contributed by atoms with Gasteiger partial charge in [0.25, 0.3) is 0 Å². The van der Waals surface area contributed by atoms with Gasteiger partial charge < -0.3 is 9.32 Å². The van der Waals surface area contributed by atoms with Crippen LogP contribution in [0.2, 0.25) is 0 Å². The number of furan rings is 1. The monoisotopic (exact) mass is 741 g/mol. The SMILES string of the molecule is CC1(c2ccc3oc4c(-c5ccc(N(c6ccc(-c7ccccc7)cc6)c6cccc(-c7ccccc7)c6)cc5)cccc4c3c2)c2ccccc2-c2ccccc21. The van der Waals surface area contributed by atoms with E-state index in [2.05, 4.69) is 230 Å². The number of para-hydroxylation sites is 1. The smallest absolute Gasteiger partial charge is 0.143 e. The minimum atomic E-state index is -0.271. The summed E-state index contributed by atoms with van der Waals surface area (Å²) in [5.41, 5.74) is 18.3. The highest BCUT2D eigenvalue weighted by molar-refractivity contribution is 6.10. The summed E-state index contributed by atoms with van der Waals surface area (Å²) in [6, 6.07) is 78.7. The van der Waals surface area contributed by atoms with Gasteiger partial charge in [0.15, 0.2) is 0 Å². The Kier molecular flexibility index (Phi) is 7.97. The molecule has 0 unspecified atom stereocenters. The van der Waals surface area contributed by atoms with Crippen molar-refractivity contribution in [2.75, 3.05) is 4.90 Å². The summed E-state index contributed by atoms with van der Waals surface area (Å²) >= 11 is 0. The summed E-state index contributed by atoms with van der Waals surface area (Å²) in [6.07, 6.45) is 0. The predicted molar refractivity (Wildman–Crippen MR) is 242 cm³/mol. The second-order valence-electron chi connectivity index (χ2n) is 15.4. The lowest BCUT2D eigenvalue weighted by Gasteiger charge is -2.28. The molecule has 2 heteroatoms. The van der Waals surface area contributed by atoms with Crippen LogP contribution in [0.4, 0.5) is 17.1 Å². The van der Waals surface area contributed by atoms with Gasteiger partial charge in [-0.15, -0.1) is 0 Å². The van der Waals surface area contributed by atoms with Gasteiger partial charge in [-0.05, 0) is 111 Å². The van der Waals surface area contributed by atoms with Crippen molar-refractivity contribution >= 4 is 39.0 Å². The molecule has 0 radical (unpaired) electrons. The van der Waals surface area contributed by atoms with Gasteiger partial charge in [-0.1, -0.05) is 170 Å². The Labute approximate surface area is 338 Å². The predicted octanol–water partition coefficient (Wildman–Crippen LogP) is 15.4. The van der Waals surface area contributed by atoms with E-state index in [1.54, 1.807) is 0 Å². The number of anilines is 3. The van der Waals surface area contributed by atoms with Crippen LogP contribution >= 0.6 is 0 Å². The fourth-order valence-electron chi connectivity index (χ4n) is 9.23. The summed E-state index contributed by atoms with van der Waals surface area (Å²) in [7, 11) is 0. The molecule has 0 bridgehead atoms. The highest BCUT2D eigenvalue weighted by Crippen LogP contribution is 2.53. The molecule has 0 atom stereocenters. The third-order valence-corrected chi connectivity index (χ3v) is 12.2. The molecule has 0 saturated carbocycles. The van der Waals surface area contributed by atoms with E-state index in [9.17, 15) is 0 Å². The van der Waals surface area contributed by atoms with Crippen molar-refractivity contribution in [3.8, 4) is 44.5 Å². The molecule has 0 spiro atoms. The average Bonchev–Trinajstić information content (AvgIpc) is 3.81. The molecule has 10 aromatic rings. The van der Waals surface area contributed by atoms with Crippen molar-refractivity contribution in [2.24, 2.45) is 0 Å². The Bertz CT molecular complexity index is 3060. The molecule has 0 fully saturated rings. The van der Waals surface area contributed by atoms with Crippen LogP contribution in [0.3, 0.4) is 0 Å². The summed E-state index contributed by atoms with van der Waals surface area (Å²) in [5, 5.41) is 2.26. The largest absolute Gasteiger partial charge is 0.455 e. The van der Waals surface area contributed by atoms with Gasteiger partial charge >= 0.3 is 0 Å². The van der Waals surface area contributed by atoms with Crippen LogP contribution in [0.5, 0.6) is 0 Å². The number of rotatable bonds is 7. The second-order valence-corrected chi connectivity index (χ2v) is 15.4. The number of fused-ring (bicyclic) bond motifs is 6. The molecular weight excluding hydrogens is 703 g/mol. The molecule has 1 aliphatic rings. The standard InChI is InChI=1S/C56H39NO/c1-56(52-24-10-8-20-48(52)49-21-9-11-25-53(49)56)43-30-35-54-51(37-43)50-23-13-22-47(55(50)58-54)41-28-33-45(34-29-41)57(44-31-26-40(27-32-44)38-14-4-2-5-15-38)46-19-12-18-42(36-46)39-16-6-3-7-17-39/h2-37H,1H3. The molecule has 9 aromatic carbocycles. The molecule has 1 heterocycles. The minimum Gasteiger partial charge on any atom is -0.455 e. The van der Waals surface area contributed by atoms with Gasteiger partial charge in [0.05, 0.1) is 0 Å². The zero-order valence-electron chi connectivity index (χ0n) is 32.1. The molecule has 2 nitrogen and oxygen atoms in total. The van der Waals surface area contributed by atoms with E-state index in [1.807, 2.05) is 0 Å². The molecule has 0 aliphatic heterocycles. The lowest BCUT2D eigenvalue weighted by Crippen LogP contribution is -2.22. The molecule has 0 amide bonds. The molecule has 1 aliphatic carbocycles. The third-order valence-electron chi connectivity index (χ3n) is 12.2. The fourth-order valence-corrected chi connectivity index (χ4v) is 9.23. The summed E-state index contributed by atoms with van der Waals surface area (Å²) in [5.74, 6) is 0. The van der Waals surface area contributed by atoms with Crippen molar-refractivity contribution in [1.82, 2.24) is 0 Å². The first-order chi connectivity index (χ1) is 28.6. The van der Waals surface area contributed by atoms with Crippen LogP contribution in [-0.4, -0.2) is 0 Å². The van der Waals surface area contributed by atoms with Crippen molar-refractivity contribution in [1.29, 1.82) is 0 Å². The van der Waals surface area contributed by atoms with Crippen molar-refractivity contribution in [3.63, 3.8) is 0 Å². The Morgan fingerprint density at radius 1 is 0.362 bits per heavy atom. The molecule has 58 heavy (non-hydrogen) atoms. The Hall–Kier alpha value is -7.42. The van der Waals surface area contributed by atoms with Gasteiger partial charge in [0.2, 0.25) is 0 Å². The van der Waals surface area contributed by atoms with Gasteiger partial charge in [0, 0.05) is 38.8 Å². The lowest BCUT2D eigenvalue weighted by molar-refractivity contribution is 0.668. The molecule has 0 saturated heterocycles. The summed E-state index contributed by atoms with van der Waals surface area (Å²) in [6.45, 7) is 2.37. The first kappa shape index (κ1) is 33.9. The van der Waals surface area contributed by atoms with Crippen LogP contribution in [0.15, 0.2) is 223 Å². The zero-order chi connectivity index (χ0) is 38.6. The number of benzene rings is 9. The van der Waals surface area contributed by atoms with Crippen molar-refractivity contribution in [2.45, 2.75) is 12.3 Å². The van der Waals surface area contributed by atoms with E-state index >= 15 is 0 Å². The first-order valence-electron chi connectivity index (χ1n) is 20.0. The van der Waals surface area contributed by atoms with Gasteiger partial charge in [-0.3, -0.25) is 0 Å². The maximum atomic E-state index is 6.74. The summed E-state index contributed by atoms with van der Waals surface area (Å²) < 4.78 is 6.74. The lowest BCUT2D eigenvalue weighted by atomic mass is 9.74. The highest BCUT2D eigenvalue weighted by atomic mass is 16.3. The van der Waals surface area contributed by atoms with Crippen LogP contribution in [0.25, 0.3) is 66.4 Å². The van der Waals surface area contributed by atoms with Gasteiger partial charge in [-0.25, -0.2) is 0 Å². The quantitative estimate of drug-likeness (QED) is 0.162. The van der Waals surface area contributed by atoms with E-state index in [4.69, 9.17) is 4.42 Å². The van der Waals surface area contributed by atoms with E-state index in [-0.39, 0.29) is 5.41 Å². The normalized spacial score (nSPS) is 12.7. The minimum absolute atomic E-state index is 0.271. The molecule has 0 N–H and O–H groups in total. The molecule has 1 aromatic heterocycles. The van der Waals surface area contributed by atoms with Crippen LogP contribution in [-0.2, 0) is 5.41 Å². The zero-order valence-corrected chi connectivity index (χ0v) is 32.1. The van der Waals surface area contributed by atoms with Crippen LogP contribution in [0.1, 0.15) is 23.6 Å². The van der Waals surface area contributed by atoms with E-state index < -0.39 is 0 Å². The number of nitrogens with zero attached hydrogens (tertiary/aromatic N) is 1. The topological polar surface area (TPSA) is 16.4 Å². The second kappa shape index (κ2) is 13.7. The Balaban J connectivity index is 0.988. The molecular formula is C56H39NO. The van der Waals surface area contributed by atoms with E-state index in [0.29, 0.717) is 0 Å². The van der Waals surface area contributed by atoms with Crippen LogP contribution < -0.4 is 4.90 Å². The maximum absolute atomic E-state index is 6.74. The van der Waals surface area contributed by atoms with Crippen molar-refractivity contribution in [3.05, 3.63) is 235 Å². The fraction of sp³-hybridized carbons (Fsp3) is 0.0357. The Morgan fingerprint density at radius 2 is 0.879 bits per heavy atom. The van der Waals surface area contributed by atoms with Gasteiger partial charge in [0.1, 0.15) is 11.2 Å². The third kappa shape index (κ3) is 5.49. The first-order valence-corrected chi connectivity index (χ1v) is 20.0. The number of hydrogen-bond donors (Lipinski definition) is 0. The molecule has 274 valence electrons. The average molecular weight is 742 g/mol. The summed E-state index contributed by atoms with van der Waals surface area (Å²) in [4.78, 5) is 2.34. The number of hydrogen-bond acceptors (Lipinski definition) is 2. The van der Waals surface area contributed by atoms with E-state index in [0.717, 1.165) is 50.1 Å². The van der Waals surface area contributed by atoms with Crippen molar-refractivity contribution < 1.29 is 4.42 Å². The highest BCUT2D eigenvalue weighted by Gasteiger charge is 2.40. The molecule has 11 rings (SSSR count). The van der Waals surface area contributed by atoms with Crippen LogP contribution in [0, 0.1) is 0 Å². The van der Waals surface area contributed by atoms with Gasteiger partial charge in [-0.2, -0.15) is 0 Å².